The van der Waals surface area contributed by atoms with Gasteiger partial charge in [-0.3, -0.25) is 0 Å². The molecule has 0 fully saturated rings. The molecule has 90 valence electrons. The van der Waals surface area contributed by atoms with Gasteiger partial charge in [0.1, 0.15) is 11.5 Å². The summed E-state index contributed by atoms with van der Waals surface area (Å²) in [7, 11) is 0. The van der Waals surface area contributed by atoms with Gasteiger partial charge in [-0.15, -0.1) is 0 Å². The Morgan fingerprint density at radius 1 is 1.19 bits per heavy atom. The lowest BCUT2D eigenvalue weighted by atomic mass is 10.2. The zero-order valence-corrected chi connectivity index (χ0v) is 8.63. The largest absolute Gasteiger partial charge is 0.508 e. The van der Waals surface area contributed by atoms with Crippen LogP contribution in [0.5, 0.6) is 11.5 Å². The second-order valence-electron chi connectivity index (χ2n) is 3.42. The number of halogens is 3. The Kier molecular flexibility index (Phi) is 4.46. The van der Waals surface area contributed by atoms with Crippen LogP contribution in [0.4, 0.5) is 13.2 Å². The molecule has 1 N–H and O–H groups in total. The summed E-state index contributed by atoms with van der Waals surface area (Å²) in [4.78, 5) is 0. The summed E-state index contributed by atoms with van der Waals surface area (Å²) in [6, 6.07) is 6.17. The average Bonchev–Trinajstić information content (AvgIpc) is 2.15. The first kappa shape index (κ1) is 12.7. The van der Waals surface area contributed by atoms with Gasteiger partial charge in [0.15, 0.2) is 0 Å². The summed E-state index contributed by atoms with van der Waals surface area (Å²) in [6.07, 6.45) is -4.47. The topological polar surface area (TPSA) is 29.5 Å². The number of phenols is 1. The lowest BCUT2D eigenvalue weighted by Crippen LogP contribution is -2.07. The molecule has 0 saturated carbocycles. The van der Waals surface area contributed by atoms with Gasteiger partial charge < -0.3 is 9.84 Å². The van der Waals surface area contributed by atoms with Gasteiger partial charge in [-0.05, 0) is 25.0 Å². The van der Waals surface area contributed by atoms with Crippen molar-refractivity contribution in [1.29, 1.82) is 0 Å². The Morgan fingerprint density at radius 2 is 1.94 bits per heavy atom. The Bertz CT molecular complexity index is 323. The number of unbranched alkanes of at least 4 members (excludes halogenated alkanes) is 1. The molecule has 0 aliphatic carbocycles. The van der Waals surface area contributed by atoms with Gasteiger partial charge in [0.05, 0.1) is 6.61 Å². The van der Waals surface area contributed by atoms with E-state index in [1.807, 2.05) is 0 Å². The van der Waals surface area contributed by atoms with Gasteiger partial charge in [0, 0.05) is 12.5 Å². The lowest BCUT2D eigenvalue weighted by Gasteiger charge is -2.07. The van der Waals surface area contributed by atoms with E-state index in [2.05, 4.69) is 0 Å². The molecule has 1 aromatic rings. The third kappa shape index (κ3) is 5.48. The molecular weight excluding hydrogens is 221 g/mol. The fourth-order valence-corrected chi connectivity index (χ4v) is 1.19. The van der Waals surface area contributed by atoms with Crippen molar-refractivity contribution in [2.24, 2.45) is 0 Å². The number of ether oxygens (including phenoxy) is 1. The molecule has 1 rings (SSSR count). The highest BCUT2D eigenvalue weighted by Crippen LogP contribution is 2.22. The van der Waals surface area contributed by atoms with E-state index in [-0.39, 0.29) is 18.8 Å². The van der Waals surface area contributed by atoms with Gasteiger partial charge >= 0.3 is 6.18 Å². The van der Waals surface area contributed by atoms with Crippen LogP contribution in [0.2, 0.25) is 0 Å². The molecule has 0 saturated heterocycles. The standard InChI is InChI=1S/C11H13F3O2/c12-11(13,14)6-1-2-7-16-10-5-3-4-9(15)8-10/h3-5,8,15H,1-2,6-7H2. The summed E-state index contributed by atoms with van der Waals surface area (Å²) in [5.41, 5.74) is 0. The minimum Gasteiger partial charge on any atom is -0.508 e. The van der Waals surface area contributed by atoms with Gasteiger partial charge in [-0.1, -0.05) is 6.07 Å². The van der Waals surface area contributed by atoms with Crippen LogP contribution < -0.4 is 4.74 Å². The zero-order chi connectivity index (χ0) is 12.0. The van der Waals surface area contributed by atoms with E-state index in [4.69, 9.17) is 9.84 Å². The van der Waals surface area contributed by atoms with Crippen LogP contribution in [0.15, 0.2) is 24.3 Å². The molecule has 0 aromatic heterocycles. The van der Waals surface area contributed by atoms with Crippen molar-refractivity contribution < 1.29 is 23.0 Å². The highest BCUT2D eigenvalue weighted by Gasteiger charge is 2.25. The second kappa shape index (κ2) is 5.63. The molecule has 5 heteroatoms. The zero-order valence-electron chi connectivity index (χ0n) is 8.63. The number of aromatic hydroxyl groups is 1. The SMILES string of the molecule is Oc1cccc(OCCCCC(F)(F)F)c1. The van der Waals surface area contributed by atoms with E-state index in [9.17, 15) is 13.2 Å². The number of phenolic OH excluding ortho intramolecular Hbond substituents is 1. The van der Waals surface area contributed by atoms with Crippen molar-refractivity contribution in [1.82, 2.24) is 0 Å². The van der Waals surface area contributed by atoms with Gasteiger partial charge in [-0.2, -0.15) is 13.2 Å². The molecule has 0 unspecified atom stereocenters. The Labute approximate surface area is 91.7 Å². The van der Waals surface area contributed by atoms with Crippen molar-refractivity contribution in [2.75, 3.05) is 6.61 Å². The van der Waals surface area contributed by atoms with Crippen molar-refractivity contribution in [3.05, 3.63) is 24.3 Å². The van der Waals surface area contributed by atoms with Gasteiger partial charge in [0.25, 0.3) is 0 Å². The van der Waals surface area contributed by atoms with Gasteiger partial charge in [-0.25, -0.2) is 0 Å². The molecule has 1 aromatic carbocycles. The van der Waals surface area contributed by atoms with Crippen LogP contribution in [-0.4, -0.2) is 17.9 Å². The van der Waals surface area contributed by atoms with E-state index in [0.717, 1.165) is 0 Å². The maximum absolute atomic E-state index is 11.8. The van der Waals surface area contributed by atoms with Crippen LogP contribution in [0.1, 0.15) is 19.3 Å². The summed E-state index contributed by atoms with van der Waals surface area (Å²) < 4.78 is 40.5. The Morgan fingerprint density at radius 3 is 2.56 bits per heavy atom. The summed E-state index contributed by atoms with van der Waals surface area (Å²) >= 11 is 0. The molecule has 0 heterocycles. The summed E-state index contributed by atoms with van der Waals surface area (Å²) in [6.45, 7) is 0.222. The molecule has 0 amide bonds. The third-order valence-corrected chi connectivity index (χ3v) is 1.94. The predicted molar refractivity (Wildman–Crippen MR) is 53.5 cm³/mol. The van der Waals surface area contributed by atoms with Crippen LogP contribution in [0.25, 0.3) is 0 Å². The van der Waals surface area contributed by atoms with Gasteiger partial charge in [0.2, 0.25) is 0 Å². The summed E-state index contributed by atoms with van der Waals surface area (Å²) in [5.74, 6) is 0.541. The number of alkyl halides is 3. The molecule has 0 spiro atoms. The molecule has 0 radical (unpaired) electrons. The van der Waals surface area contributed by atoms with Crippen molar-refractivity contribution in [3.63, 3.8) is 0 Å². The first-order valence-corrected chi connectivity index (χ1v) is 4.96. The number of hydrogen-bond donors (Lipinski definition) is 1. The molecule has 0 aliphatic heterocycles. The molecule has 16 heavy (non-hydrogen) atoms. The first-order chi connectivity index (χ1) is 7.47. The highest BCUT2D eigenvalue weighted by atomic mass is 19.4. The normalized spacial score (nSPS) is 11.4. The third-order valence-electron chi connectivity index (χ3n) is 1.94. The van der Waals surface area contributed by atoms with Crippen LogP contribution in [0.3, 0.4) is 0 Å². The minimum atomic E-state index is -4.09. The number of rotatable bonds is 5. The number of benzene rings is 1. The molecule has 2 nitrogen and oxygen atoms in total. The second-order valence-corrected chi connectivity index (χ2v) is 3.42. The van der Waals surface area contributed by atoms with E-state index < -0.39 is 12.6 Å². The summed E-state index contributed by atoms with van der Waals surface area (Å²) in [5, 5.41) is 9.09. The first-order valence-electron chi connectivity index (χ1n) is 4.96. The van der Waals surface area contributed by atoms with E-state index >= 15 is 0 Å². The van der Waals surface area contributed by atoms with Crippen LogP contribution >= 0.6 is 0 Å². The average molecular weight is 234 g/mol. The van der Waals surface area contributed by atoms with Crippen molar-refractivity contribution in [2.45, 2.75) is 25.4 Å². The fourth-order valence-electron chi connectivity index (χ4n) is 1.19. The van der Waals surface area contributed by atoms with E-state index in [1.54, 1.807) is 12.1 Å². The maximum Gasteiger partial charge on any atom is 0.389 e. The van der Waals surface area contributed by atoms with E-state index in [1.165, 1.54) is 12.1 Å². The van der Waals surface area contributed by atoms with Crippen molar-refractivity contribution >= 4 is 0 Å². The molecule has 0 bridgehead atoms. The lowest BCUT2D eigenvalue weighted by molar-refractivity contribution is -0.135. The van der Waals surface area contributed by atoms with Crippen molar-refractivity contribution in [3.8, 4) is 11.5 Å². The maximum atomic E-state index is 11.8. The smallest absolute Gasteiger partial charge is 0.389 e. The Balaban J connectivity index is 2.17. The molecular formula is C11H13F3O2. The Hall–Kier alpha value is -1.39. The van der Waals surface area contributed by atoms with E-state index in [0.29, 0.717) is 12.2 Å². The molecule has 0 aliphatic rings. The number of hydrogen-bond acceptors (Lipinski definition) is 2. The van der Waals surface area contributed by atoms with Crippen LogP contribution in [-0.2, 0) is 0 Å². The fraction of sp³-hybridized carbons (Fsp3) is 0.455. The quantitative estimate of drug-likeness (QED) is 0.790. The monoisotopic (exact) mass is 234 g/mol. The van der Waals surface area contributed by atoms with Crippen LogP contribution in [0, 0.1) is 0 Å². The minimum absolute atomic E-state index is 0.0579. The predicted octanol–water partition coefficient (Wildman–Crippen LogP) is 3.50. The highest BCUT2D eigenvalue weighted by molar-refractivity contribution is 5.31. The molecule has 0 atom stereocenters.